The molecule has 1 aliphatic heterocycles. The average molecular weight is 240 g/mol. The lowest BCUT2D eigenvalue weighted by atomic mass is 9.81. The van der Waals surface area contributed by atoms with E-state index < -0.39 is 0 Å². The summed E-state index contributed by atoms with van der Waals surface area (Å²) in [6, 6.07) is 7.84. The molecule has 0 fully saturated rings. The summed E-state index contributed by atoms with van der Waals surface area (Å²) >= 11 is 0. The molecule has 92 valence electrons. The van der Waals surface area contributed by atoms with Gasteiger partial charge < -0.3 is 4.74 Å². The maximum atomic E-state index is 12.3. The SMILES string of the molecule is C=C1C(=O)C2=C(OC(C)(C)CC2)c2ccccc21. The van der Waals surface area contributed by atoms with Crippen LogP contribution in [0.2, 0.25) is 0 Å². The van der Waals surface area contributed by atoms with Gasteiger partial charge in [0.25, 0.3) is 0 Å². The van der Waals surface area contributed by atoms with Gasteiger partial charge in [-0.3, -0.25) is 4.79 Å². The second-order valence-electron chi connectivity index (χ2n) is 5.52. The molecule has 0 atom stereocenters. The van der Waals surface area contributed by atoms with Crippen LogP contribution in [0.1, 0.15) is 37.8 Å². The summed E-state index contributed by atoms with van der Waals surface area (Å²) < 4.78 is 6.04. The lowest BCUT2D eigenvalue weighted by Crippen LogP contribution is -2.31. The summed E-state index contributed by atoms with van der Waals surface area (Å²) in [7, 11) is 0. The topological polar surface area (TPSA) is 26.3 Å². The van der Waals surface area contributed by atoms with Gasteiger partial charge in [-0.1, -0.05) is 30.8 Å². The Morgan fingerprint density at radius 1 is 1.22 bits per heavy atom. The Morgan fingerprint density at radius 2 is 1.89 bits per heavy atom. The molecule has 1 aromatic rings. The predicted molar refractivity (Wildman–Crippen MR) is 71.8 cm³/mol. The second-order valence-corrected chi connectivity index (χ2v) is 5.52. The number of Topliss-reactive ketones (excluding diaryl/α,β-unsaturated/α-hetero) is 1. The van der Waals surface area contributed by atoms with E-state index in [1.165, 1.54) is 0 Å². The fourth-order valence-electron chi connectivity index (χ4n) is 2.61. The standard InChI is InChI=1S/C16H16O2/c1-10-11-6-4-5-7-12(11)15-13(14(10)17)8-9-16(2,3)18-15/h4-7H,1,8-9H2,2-3H3. The molecule has 0 unspecified atom stereocenters. The fourth-order valence-corrected chi connectivity index (χ4v) is 2.61. The molecule has 0 radical (unpaired) electrons. The molecule has 1 heterocycles. The molecule has 2 heteroatoms. The van der Waals surface area contributed by atoms with Gasteiger partial charge in [0.2, 0.25) is 0 Å². The van der Waals surface area contributed by atoms with E-state index in [1.807, 2.05) is 24.3 Å². The van der Waals surface area contributed by atoms with Crippen molar-refractivity contribution in [3.8, 4) is 0 Å². The highest BCUT2D eigenvalue weighted by atomic mass is 16.5. The molecule has 0 bridgehead atoms. The Hall–Kier alpha value is -1.83. The fraction of sp³-hybridized carbons (Fsp3) is 0.312. The van der Waals surface area contributed by atoms with E-state index in [4.69, 9.17) is 4.74 Å². The van der Waals surface area contributed by atoms with Crippen LogP contribution in [0.5, 0.6) is 0 Å². The van der Waals surface area contributed by atoms with E-state index in [9.17, 15) is 4.79 Å². The maximum Gasteiger partial charge on any atom is 0.192 e. The zero-order valence-electron chi connectivity index (χ0n) is 10.7. The summed E-state index contributed by atoms with van der Waals surface area (Å²) in [5.74, 6) is 0.804. The van der Waals surface area contributed by atoms with Gasteiger partial charge in [0.1, 0.15) is 11.4 Å². The molecular weight excluding hydrogens is 224 g/mol. The minimum atomic E-state index is -0.203. The van der Waals surface area contributed by atoms with Gasteiger partial charge in [-0.25, -0.2) is 0 Å². The number of ether oxygens (including phenoxy) is 1. The number of hydrogen-bond donors (Lipinski definition) is 0. The normalized spacial score (nSPS) is 21.2. The Balaban J connectivity index is 2.23. The number of fused-ring (bicyclic) bond motifs is 2. The molecule has 2 nitrogen and oxygen atoms in total. The number of rotatable bonds is 0. The van der Waals surface area contributed by atoms with Crippen molar-refractivity contribution >= 4 is 17.1 Å². The molecule has 1 aromatic carbocycles. The molecule has 0 saturated heterocycles. The van der Waals surface area contributed by atoms with Crippen LogP contribution in [-0.2, 0) is 9.53 Å². The van der Waals surface area contributed by atoms with Gasteiger partial charge in [-0.15, -0.1) is 0 Å². The van der Waals surface area contributed by atoms with Gasteiger partial charge in [-0.2, -0.15) is 0 Å². The third-order valence-corrected chi connectivity index (χ3v) is 3.67. The lowest BCUT2D eigenvalue weighted by molar-refractivity contribution is -0.111. The second kappa shape index (κ2) is 3.58. The number of ketones is 1. The van der Waals surface area contributed by atoms with E-state index in [0.29, 0.717) is 5.57 Å². The average Bonchev–Trinajstić information content (AvgIpc) is 2.35. The first kappa shape index (κ1) is 11.3. The van der Waals surface area contributed by atoms with Crippen LogP contribution in [-0.4, -0.2) is 11.4 Å². The zero-order chi connectivity index (χ0) is 12.9. The highest BCUT2D eigenvalue weighted by molar-refractivity contribution is 6.32. The van der Waals surface area contributed by atoms with E-state index in [1.54, 1.807) is 0 Å². The lowest BCUT2D eigenvalue weighted by Gasteiger charge is -2.37. The molecule has 18 heavy (non-hydrogen) atoms. The highest BCUT2D eigenvalue weighted by Gasteiger charge is 2.37. The van der Waals surface area contributed by atoms with Crippen molar-refractivity contribution in [3.05, 3.63) is 47.5 Å². The molecule has 0 aromatic heterocycles. The quantitative estimate of drug-likeness (QED) is 0.648. The Bertz CT molecular complexity index is 591. The minimum absolute atomic E-state index is 0.0409. The molecule has 0 N–H and O–H groups in total. The summed E-state index contributed by atoms with van der Waals surface area (Å²) in [5.41, 5.74) is 3.08. The van der Waals surface area contributed by atoms with Crippen molar-refractivity contribution in [2.75, 3.05) is 0 Å². The van der Waals surface area contributed by atoms with E-state index in [2.05, 4.69) is 20.4 Å². The van der Waals surface area contributed by atoms with Crippen molar-refractivity contribution < 1.29 is 9.53 Å². The number of allylic oxidation sites excluding steroid dienone is 2. The predicted octanol–water partition coefficient (Wildman–Crippen LogP) is 3.58. The van der Waals surface area contributed by atoms with Gasteiger partial charge in [0.15, 0.2) is 5.78 Å². The van der Waals surface area contributed by atoms with Crippen molar-refractivity contribution in [2.45, 2.75) is 32.3 Å². The van der Waals surface area contributed by atoms with Gasteiger partial charge in [0.05, 0.1) is 0 Å². The molecule has 1 aliphatic carbocycles. The van der Waals surface area contributed by atoms with Crippen LogP contribution in [0.15, 0.2) is 36.4 Å². The van der Waals surface area contributed by atoms with Crippen LogP contribution in [0.4, 0.5) is 0 Å². The highest BCUT2D eigenvalue weighted by Crippen LogP contribution is 2.43. The number of carbonyl (C=O) groups is 1. The molecule has 0 spiro atoms. The van der Waals surface area contributed by atoms with Crippen LogP contribution < -0.4 is 0 Å². The molecule has 0 amide bonds. The van der Waals surface area contributed by atoms with Crippen LogP contribution in [0.25, 0.3) is 11.3 Å². The number of hydrogen-bond acceptors (Lipinski definition) is 2. The van der Waals surface area contributed by atoms with Crippen LogP contribution in [0.3, 0.4) is 0 Å². The molecule has 0 saturated carbocycles. The van der Waals surface area contributed by atoms with Crippen LogP contribution in [0, 0.1) is 0 Å². The smallest absolute Gasteiger partial charge is 0.192 e. The Labute approximate surface area is 107 Å². The summed E-state index contributed by atoms with van der Waals surface area (Å²) in [6.07, 6.45) is 1.64. The van der Waals surface area contributed by atoms with Crippen LogP contribution >= 0.6 is 0 Å². The maximum absolute atomic E-state index is 12.3. The molecular formula is C16H16O2. The monoisotopic (exact) mass is 240 g/mol. The summed E-state index contributed by atoms with van der Waals surface area (Å²) in [5, 5.41) is 0. The first-order chi connectivity index (χ1) is 8.49. The van der Waals surface area contributed by atoms with Crippen molar-refractivity contribution in [2.24, 2.45) is 0 Å². The van der Waals surface area contributed by atoms with Gasteiger partial charge in [-0.05, 0) is 32.3 Å². The zero-order valence-corrected chi connectivity index (χ0v) is 10.7. The third-order valence-electron chi connectivity index (χ3n) is 3.67. The third kappa shape index (κ3) is 1.52. The number of carbonyl (C=O) groups excluding carboxylic acids is 1. The van der Waals surface area contributed by atoms with E-state index in [0.717, 1.165) is 35.3 Å². The Morgan fingerprint density at radius 3 is 2.61 bits per heavy atom. The van der Waals surface area contributed by atoms with Crippen molar-refractivity contribution in [1.29, 1.82) is 0 Å². The number of benzene rings is 1. The van der Waals surface area contributed by atoms with Gasteiger partial charge in [0, 0.05) is 16.7 Å². The van der Waals surface area contributed by atoms with E-state index >= 15 is 0 Å². The van der Waals surface area contributed by atoms with Crippen molar-refractivity contribution in [3.63, 3.8) is 0 Å². The van der Waals surface area contributed by atoms with E-state index in [-0.39, 0.29) is 11.4 Å². The minimum Gasteiger partial charge on any atom is -0.487 e. The largest absolute Gasteiger partial charge is 0.487 e. The first-order valence-electron chi connectivity index (χ1n) is 6.25. The first-order valence-corrected chi connectivity index (χ1v) is 6.25. The summed E-state index contributed by atoms with van der Waals surface area (Å²) in [6.45, 7) is 8.05. The van der Waals surface area contributed by atoms with Gasteiger partial charge >= 0.3 is 0 Å². The Kier molecular flexibility index (Phi) is 2.24. The summed E-state index contributed by atoms with van der Waals surface area (Å²) in [4.78, 5) is 12.3. The van der Waals surface area contributed by atoms with Crippen molar-refractivity contribution in [1.82, 2.24) is 0 Å². The molecule has 2 aliphatic rings. The molecule has 3 rings (SSSR count).